The Morgan fingerprint density at radius 3 is 2.07 bits per heavy atom. The van der Waals surface area contributed by atoms with Crippen molar-refractivity contribution in [2.24, 2.45) is 0 Å². The maximum atomic E-state index is 14.3. The van der Waals surface area contributed by atoms with E-state index in [4.69, 9.17) is 25.8 Å². The molecule has 0 heterocycles. The van der Waals surface area contributed by atoms with Crippen LogP contribution in [0.2, 0.25) is 5.02 Å². The van der Waals surface area contributed by atoms with Crippen molar-refractivity contribution >= 4 is 55.1 Å². The largest absolute Gasteiger partial charge is 0.495 e. The third-order valence-electron chi connectivity index (χ3n) is 6.56. The highest BCUT2D eigenvalue weighted by molar-refractivity contribution is 9.10. The van der Waals surface area contributed by atoms with Gasteiger partial charge in [0.2, 0.25) is 11.8 Å². The number of nitrogens with one attached hydrogen (secondary N) is 1. The molecule has 13 heteroatoms. The van der Waals surface area contributed by atoms with E-state index in [9.17, 15) is 18.0 Å². The van der Waals surface area contributed by atoms with Gasteiger partial charge in [0, 0.05) is 27.6 Å². The first-order valence-corrected chi connectivity index (χ1v) is 16.2. The van der Waals surface area contributed by atoms with Gasteiger partial charge >= 0.3 is 0 Å². The van der Waals surface area contributed by atoms with E-state index in [2.05, 4.69) is 21.2 Å². The molecule has 3 aromatic rings. The summed E-state index contributed by atoms with van der Waals surface area (Å²) in [5.74, 6) is -0.339. The molecular formula is C31H37BrClN3O7S. The Morgan fingerprint density at radius 2 is 1.50 bits per heavy atom. The lowest BCUT2D eigenvalue weighted by molar-refractivity contribution is -0.140. The molecule has 1 N–H and O–H groups in total. The van der Waals surface area contributed by atoms with Gasteiger partial charge in [-0.2, -0.15) is 0 Å². The van der Waals surface area contributed by atoms with Crippen molar-refractivity contribution in [3.05, 3.63) is 75.7 Å². The maximum Gasteiger partial charge on any atom is 0.265 e. The standard InChI is InChI=1S/C31H37BrClN3O7S/c1-20(30(38)34-31(2,3)4)35(18-21-8-10-22(32)11-9-21)29(37)19-36(25-16-23(33)12-14-26(25)41-5)44(39,40)24-13-15-27(42-6)28(17-24)43-7/h8-17,20H,18-19H2,1-7H3,(H,34,38). The fraction of sp³-hybridized carbons (Fsp3) is 0.355. The summed E-state index contributed by atoms with van der Waals surface area (Å²) in [6.45, 7) is 6.48. The van der Waals surface area contributed by atoms with Gasteiger partial charge in [-0.05, 0) is 75.7 Å². The molecule has 0 saturated heterocycles. The van der Waals surface area contributed by atoms with Gasteiger partial charge in [0.15, 0.2) is 11.5 Å². The van der Waals surface area contributed by atoms with E-state index in [-0.39, 0.29) is 33.6 Å². The van der Waals surface area contributed by atoms with Crippen LogP contribution in [-0.4, -0.2) is 64.6 Å². The SMILES string of the molecule is COc1ccc(S(=O)(=O)N(CC(=O)N(Cc2ccc(Br)cc2)C(C)C(=O)NC(C)(C)C)c2cc(Cl)ccc2OC)cc1OC. The second-order valence-electron chi connectivity index (χ2n) is 10.9. The van der Waals surface area contributed by atoms with E-state index in [1.165, 1.54) is 56.6 Å². The highest BCUT2D eigenvalue weighted by Gasteiger charge is 2.35. The average molecular weight is 711 g/mol. The Balaban J connectivity index is 2.15. The highest BCUT2D eigenvalue weighted by Crippen LogP contribution is 2.37. The van der Waals surface area contributed by atoms with Gasteiger partial charge < -0.3 is 24.4 Å². The lowest BCUT2D eigenvalue weighted by Gasteiger charge is -2.33. The number of amides is 2. The topological polar surface area (TPSA) is 114 Å². The average Bonchev–Trinajstić information content (AvgIpc) is 2.97. The first-order chi connectivity index (χ1) is 20.6. The van der Waals surface area contributed by atoms with E-state index in [0.717, 1.165) is 14.3 Å². The van der Waals surface area contributed by atoms with Crippen molar-refractivity contribution in [3.63, 3.8) is 0 Å². The summed E-state index contributed by atoms with van der Waals surface area (Å²) in [5.41, 5.74) is 0.222. The number of carbonyl (C=O) groups excluding carboxylic acids is 2. The molecule has 0 aliphatic rings. The van der Waals surface area contributed by atoms with E-state index < -0.39 is 40.0 Å². The molecule has 0 aliphatic heterocycles. The summed E-state index contributed by atoms with van der Waals surface area (Å²) in [4.78, 5) is 28.7. The molecule has 1 unspecified atom stereocenters. The number of carbonyl (C=O) groups is 2. The molecule has 10 nitrogen and oxygen atoms in total. The van der Waals surface area contributed by atoms with E-state index >= 15 is 0 Å². The molecule has 3 aromatic carbocycles. The van der Waals surface area contributed by atoms with Gasteiger partial charge in [-0.1, -0.05) is 39.7 Å². The number of ether oxygens (including phenoxy) is 3. The van der Waals surface area contributed by atoms with Gasteiger partial charge in [0.05, 0.1) is 31.9 Å². The minimum absolute atomic E-state index is 0.0403. The molecule has 1 atom stereocenters. The van der Waals surface area contributed by atoms with Crippen LogP contribution in [0.15, 0.2) is 70.0 Å². The lowest BCUT2D eigenvalue weighted by Crippen LogP contribution is -2.54. The second kappa shape index (κ2) is 14.5. The number of methoxy groups -OCH3 is 3. The zero-order valence-electron chi connectivity index (χ0n) is 25.7. The summed E-state index contributed by atoms with van der Waals surface area (Å²) in [5, 5.41) is 3.13. The molecule has 0 fully saturated rings. The summed E-state index contributed by atoms with van der Waals surface area (Å²) >= 11 is 9.72. The Hall–Kier alpha value is -3.48. The molecule has 44 heavy (non-hydrogen) atoms. The number of anilines is 1. The molecule has 0 saturated carbocycles. The van der Waals surface area contributed by atoms with Crippen LogP contribution in [0.3, 0.4) is 0 Å². The minimum Gasteiger partial charge on any atom is -0.495 e. The van der Waals surface area contributed by atoms with Crippen molar-refractivity contribution in [1.29, 1.82) is 0 Å². The zero-order valence-corrected chi connectivity index (χ0v) is 28.8. The normalized spacial score (nSPS) is 12.2. The van der Waals surface area contributed by atoms with Crippen molar-refractivity contribution in [2.45, 2.75) is 50.7 Å². The third kappa shape index (κ3) is 8.58. The van der Waals surface area contributed by atoms with Crippen LogP contribution in [-0.2, 0) is 26.2 Å². The summed E-state index contributed by atoms with van der Waals surface area (Å²) in [7, 11) is -0.231. The van der Waals surface area contributed by atoms with Crippen molar-refractivity contribution < 1.29 is 32.2 Å². The Labute approximate surface area is 272 Å². The number of benzene rings is 3. The van der Waals surface area contributed by atoms with Crippen molar-refractivity contribution in [2.75, 3.05) is 32.2 Å². The van der Waals surface area contributed by atoms with Crippen LogP contribution in [0, 0.1) is 0 Å². The highest BCUT2D eigenvalue weighted by atomic mass is 79.9. The maximum absolute atomic E-state index is 14.3. The second-order valence-corrected chi connectivity index (χ2v) is 14.1. The van der Waals surface area contributed by atoms with E-state index in [0.29, 0.717) is 5.75 Å². The number of halogens is 2. The van der Waals surface area contributed by atoms with Gasteiger partial charge in [0.1, 0.15) is 18.3 Å². The number of hydrogen-bond donors (Lipinski definition) is 1. The van der Waals surface area contributed by atoms with Crippen molar-refractivity contribution in [1.82, 2.24) is 10.2 Å². The number of nitrogens with zero attached hydrogens (tertiary/aromatic N) is 2. The van der Waals surface area contributed by atoms with Gasteiger partial charge in [0.25, 0.3) is 10.0 Å². The molecule has 0 aliphatic carbocycles. The third-order valence-corrected chi connectivity index (χ3v) is 9.08. The smallest absolute Gasteiger partial charge is 0.265 e. The zero-order chi connectivity index (χ0) is 32.8. The van der Waals surface area contributed by atoms with Crippen LogP contribution in [0.4, 0.5) is 5.69 Å². The van der Waals surface area contributed by atoms with Crippen LogP contribution >= 0.6 is 27.5 Å². The molecule has 0 spiro atoms. The Kier molecular flexibility index (Phi) is 11.6. The first kappa shape index (κ1) is 35.0. The van der Waals surface area contributed by atoms with Crippen LogP contribution in [0.1, 0.15) is 33.3 Å². The molecule has 0 aromatic heterocycles. The number of sulfonamides is 1. The van der Waals surface area contributed by atoms with Crippen LogP contribution in [0.5, 0.6) is 17.2 Å². The lowest BCUT2D eigenvalue weighted by atomic mass is 10.1. The summed E-state index contributed by atoms with van der Waals surface area (Å²) in [6, 6.07) is 14.9. The van der Waals surface area contributed by atoms with Gasteiger partial charge in [-0.15, -0.1) is 0 Å². The van der Waals surface area contributed by atoms with E-state index in [1.807, 2.05) is 45.0 Å². The fourth-order valence-electron chi connectivity index (χ4n) is 4.32. The molecule has 0 radical (unpaired) electrons. The monoisotopic (exact) mass is 709 g/mol. The summed E-state index contributed by atoms with van der Waals surface area (Å²) in [6.07, 6.45) is 0. The van der Waals surface area contributed by atoms with Crippen molar-refractivity contribution in [3.8, 4) is 17.2 Å². The Bertz CT molecular complexity index is 1590. The minimum atomic E-state index is -4.44. The molecule has 0 bridgehead atoms. The molecular weight excluding hydrogens is 674 g/mol. The predicted molar refractivity (Wildman–Crippen MR) is 174 cm³/mol. The molecule has 238 valence electrons. The summed E-state index contributed by atoms with van der Waals surface area (Å²) < 4.78 is 46.5. The van der Waals surface area contributed by atoms with E-state index in [1.54, 1.807) is 13.0 Å². The Morgan fingerprint density at radius 1 is 0.909 bits per heavy atom. The molecule has 3 rings (SSSR count). The number of hydrogen-bond acceptors (Lipinski definition) is 7. The quantitative estimate of drug-likeness (QED) is 0.258. The van der Waals surface area contributed by atoms with Gasteiger partial charge in [-0.25, -0.2) is 8.42 Å². The van der Waals surface area contributed by atoms with Crippen LogP contribution < -0.4 is 23.8 Å². The first-order valence-electron chi connectivity index (χ1n) is 13.6. The van der Waals surface area contributed by atoms with Crippen LogP contribution in [0.25, 0.3) is 0 Å². The predicted octanol–water partition coefficient (Wildman–Crippen LogP) is 5.66. The molecule has 2 amide bonds. The number of rotatable bonds is 12. The fourth-order valence-corrected chi connectivity index (χ4v) is 6.18. The van der Waals surface area contributed by atoms with Gasteiger partial charge in [-0.3, -0.25) is 13.9 Å².